The number of phenolic OH excluding ortho intramolecular Hbond substituents is 1. The summed E-state index contributed by atoms with van der Waals surface area (Å²) < 4.78 is 21.1. The number of hydrogen-bond donors (Lipinski definition) is 1. The molecule has 0 aliphatic carbocycles. The Kier molecular flexibility index (Phi) is 3.76. The molecule has 0 unspecified atom stereocenters. The average Bonchev–Trinajstić information content (AvgIpc) is 3.12. The fourth-order valence-electron chi connectivity index (χ4n) is 2.96. The first-order valence-electron chi connectivity index (χ1n) is 7.81. The molecule has 2 aromatic carbocycles. The van der Waals surface area contributed by atoms with E-state index in [9.17, 15) is 9.90 Å². The lowest BCUT2D eigenvalue weighted by Crippen LogP contribution is -2.06. The van der Waals surface area contributed by atoms with Crippen LogP contribution >= 0.6 is 0 Å². The number of nitrogens with zero attached hydrogens (tertiary/aromatic N) is 1. The zero-order chi connectivity index (χ0) is 18.3. The summed E-state index contributed by atoms with van der Waals surface area (Å²) in [6.07, 6.45) is 1.54. The Morgan fingerprint density at radius 2 is 1.88 bits per heavy atom. The Morgan fingerprint density at radius 3 is 2.62 bits per heavy atom. The van der Waals surface area contributed by atoms with Gasteiger partial charge in [-0.05, 0) is 35.7 Å². The van der Waals surface area contributed by atoms with Crippen LogP contribution in [0.15, 0.2) is 36.5 Å². The molecule has 0 spiro atoms. The fourth-order valence-corrected chi connectivity index (χ4v) is 2.96. The maximum absolute atomic E-state index is 13.1. The number of ketones is 1. The average molecular weight is 353 g/mol. The highest BCUT2D eigenvalue weighted by Gasteiger charge is 2.24. The van der Waals surface area contributed by atoms with E-state index >= 15 is 0 Å². The zero-order valence-electron chi connectivity index (χ0n) is 14.1. The summed E-state index contributed by atoms with van der Waals surface area (Å²) >= 11 is 0. The third kappa shape index (κ3) is 2.36. The van der Waals surface area contributed by atoms with Crippen molar-refractivity contribution in [3.05, 3.63) is 47.8 Å². The van der Waals surface area contributed by atoms with Crippen molar-refractivity contribution in [3.8, 4) is 28.7 Å². The number of hydrogen-bond acceptors (Lipinski definition) is 7. The largest absolute Gasteiger partial charge is 0.504 e. The SMILES string of the molecule is COc1ccc(C(=O)c2nccc3cc4c(cc23)OCO4)c(O)c1OC. The highest BCUT2D eigenvalue weighted by molar-refractivity contribution is 6.16. The minimum Gasteiger partial charge on any atom is -0.504 e. The first kappa shape index (κ1) is 16.0. The Balaban J connectivity index is 1.87. The number of pyridine rings is 1. The predicted octanol–water partition coefficient (Wildman–Crippen LogP) is 2.92. The van der Waals surface area contributed by atoms with Crippen LogP contribution in [0.25, 0.3) is 10.8 Å². The van der Waals surface area contributed by atoms with Gasteiger partial charge in [0.05, 0.1) is 19.8 Å². The molecule has 1 aliphatic rings. The van der Waals surface area contributed by atoms with Gasteiger partial charge in [0.1, 0.15) is 5.69 Å². The van der Waals surface area contributed by atoms with Gasteiger partial charge in [-0.3, -0.25) is 9.78 Å². The molecule has 0 radical (unpaired) electrons. The van der Waals surface area contributed by atoms with Crippen LogP contribution in [0.3, 0.4) is 0 Å². The van der Waals surface area contributed by atoms with Crippen LogP contribution in [0.5, 0.6) is 28.7 Å². The number of aromatic nitrogens is 1. The van der Waals surface area contributed by atoms with E-state index in [1.807, 2.05) is 0 Å². The number of aromatic hydroxyl groups is 1. The zero-order valence-corrected chi connectivity index (χ0v) is 14.1. The van der Waals surface area contributed by atoms with E-state index in [0.29, 0.717) is 22.6 Å². The van der Waals surface area contributed by atoms with E-state index in [-0.39, 0.29) is 29.5 Å². The molecular formula is C19H15NO6. The molecule has 0 bridgehead atoms. The van der Waals surface area contributed by atoms with E-state index in [0.717, 1.165) is 5.39 Å². The summed E-state index contributed by atoms with van der Waals surface area (Å²) in [6.45, 7) is 0.138. The molecular weight excluding hydrogens is 338 g/mol. The molecule has 0 saturated carbocycles. The van der Waals surface area contributed by atoms with Crippen molar-refractivity contribution in [2.75, 3.05) is 21.0 Å². The monoisotopic (exact) mass is 353 g/mol. The van der Waals surface area contributed by atoms with Gasteiger partial charge in [-0.25, -0.2) is 0 Å². The van der Waals surface area contributed by atoms with Crippen molar-refractivity contribution in [1.82, 2.24) is 4.98 Å². The van der Waals surface area contributed by atoms with Gasteiger partial charge in [0, 0.05) is 11.6 Å². The lowest BCUT2D eigenvalue weighted by molar-refractivity contribution is 0.103. The Morgan fingerprint density at radius 1 is 1.12 bits per heavy atom. The summed E-state index contributed by atoms with van der Waals surface area (Å²) in [5.41, 5.74) is 0.267. The molecule has 4 rings (SSSR count). The van der Waals surface area contributed by atoms with Crippen LogP contribution in [0.4, 0.5) is 0 Å². The maximum Gasteiger partial charge on any atom is 0.231 e. The Hall–Kier alpha value is -3.48. The van der Waals surface area contributed by atoms with E-state index in [1.54, 1.807) is 24.3 Å². The van der Waals surface area contributed by atoms with Crippen LogP contribution in [0, 0.1) is 0 Å². The molecule has 7 heteroatoms. The van der Waals surface area contributed by atoms with Gasteiger partial charge in [0.25, 0.3) is 0 Å². The van der Waals surface area contributed by atoms with Crippen molar-refractivity contribution in [3.63, 3.8) is 0 Å². The van der Waals surface area contributed by atoms with Crippen LogP contribution in [0.2, 0.25) is 0 Å². The number of benzene rings is 2. The van der Waals surface area contributed by atoms with Crippen LogP contribution in [0.1, 0.15) is 16.1 Å². The third-order valence-corrected chi connectivity index (χ3v) is 4.24. The second-order valence-electron chi connectivity index (χ2n) is 5.61. The van der Waals surface area contributed by atoms with E-state index in [1.165, 1.54) is 26.5 Å². The number of fused-ring (bicyclic) bond motifs is 2. The smallest absolute Gasteiger partial charge is 0.231 e. The maximum atomic E-state index is 13.1. The number of methoxy groups -OCH3 is 2. The van der Waals surface area contributed by atoms with Gasteiger partial charge in [-0.2, -0.15) is 0 Å². The van der Waals surface area contributed by atoms with Crippen LogP contribution in [-0.4, -0.2) is 36.9 Å². The van der Waals surface area contributed by atoms with Gasteiger partial charge in [-0.1, -0.05) is 0 Å². The van der Waals surface area contributed by atoms with Crippen LogP contribution in [-0.2, 0) is 0 Å². The van der Waals surface area contributed by atoms with Gasteiger partial charge in [-0.15, -0.1) is 0 Å². The third-order valence-electron chi connectivity index (χ3n) is 4.24. The van der Waals surface area contributed by atoms with Crippen molar-refractivity contribution in [1.29, 1.82) is 0 Å². The molecule has 132 valence electrons. The molecule has 3 aromatic rings. The fraction of sp³-hybridized carbons (Fsp3) is 0.158. The number of ether oxygens (including phenoxy) is 4. The van der Waals surface area contributed by atoms with Crippen LogP contribution < -0.4 is 18.9 Å². The van der Waals surface area contributed by atoms with Gasteiger partial charge >= 0.3 is 0 Å². The summed E-state index contributed by atoms with van der Waals surface area (Å²) in [5.74, 6) is 0.864. The minimum atomic E-state index is -0.437. The highest BCUT2D eigenvalue weighted by atomic mass is 16.7. The molecule has 0 saturated heterocycles. The first-order valence-corrected chi connectivity index (χ1v) is 7.81. The Labute approximate surface area is 148 Å². The summed E-state index contributed by atoms with van der Waals surface area (Å²) in [7, 11) is 2.84. The lowest BCUT2D eigenvalue weighted by Gasteiger charge is -2.12. The molecule has 1 aliphatic heterocycles. The minimum absolute atomic E-state index is 0.0697. The second kappa shape index (κ2) is 6.11. The first-order chi connectivity index (χ1) is 12.6. The number of phenols is 1. The van der Waals surface area contributed by atoms with E-state index in [2.05, 4.69) is 4.98 Å². The molecule has 0 atom stereocenters. The summed E-state index contributed by atoms with van der Waals surface area (Å²) in [5, 5.41) is 11.9. The molecule has 0 amide bonds. The number of rotatable bonds is 4. The predicted molar refractivity (Wildman–Crippen MR) is 92.5 cm³/mol. The molecule has 7 nitrogen and oxygen atoms in total. The molecule has 2 heterocycles. The van der Waals surface area contributed by atoms with E-state index < -0.39 is 5.78 Å². The van der Waals surface area contributed by atoms with Crippen molar-refractivity contribution in [2.24, 2.45) is 0 Å². The molecule has 1 aromatic heterocycles. The summed E-state index contributed by atoms with van der Waals surface area (Å²) in [4.78, 5) is 17.3. The molecule has 0 fully saturated rings. The Bertz CT molecular complexity index is 1030. The number of carbonyl (C=O) groups is 1. The summed E-state index contributed by atoms with van der Waals surface area (Å²) in [6, 6.07) is 8.33. The van der Waals surface area contributed by atoms with E-state index in [4.69, 9.17) is 18.9 Å². The second-order valence-corrected chi connectivity index (χ2v) is 5.61. The molecule has 26 heavy (non-hydrogen) atoms. The topological polar surface area (TPSA) is 87.1 Å². The van der Waals surface area contributed by atoms with Crippen molar-refractivity contribution >= 4 is 16.6 Å². The normalized spacial score (nSPS) is 12.2. The lowest BCUT2D eigenvalue weighted by atomic mass is 10.0. The van der Waals surface area contributed by atoms with Crippen molar-refractivity contribution < 1.29 is 28.8 Å². The standard InChI is InChI=1S/C19H15NO6/c1-23-13-4-3-11(18(22)19(13)24-2)17(21)16-12-8-15-14(25-9-26-15)7-10(12)5-6-20-16/h3-8,22H,9H2,1-2H3. The molecule has 1 N–H and O–H groups in total. The van der Waals surface area contributed by atoms with Crippen molar-refractivity contribution in [2.45, 2.75) is 0 Å². The number of carbonyl (C=O) groups excluding carboxylic acids is 1. The highest BCUT2D eigenvalue weighted by Crippen LogP contribution is 2.41. The van der Waals surface area contributed by atoms with Gasteiger partial charge < -0.3 is 24.1 Å². The van der Waals surface area contributed by atoms with Gasteiger partial charge in [0.2, 0.25) is 18.3 Å². The quantitative estimate of drug-likeness (QED) is 0.722. The van der Waals surface area contributed by atoms with Gasteiger partial charge in [0.15, 0.2) is 23.0 Å².